The minimum atomic E-state index is 0.00392. The van der Waals surface area contributed by atoms with Gasteiger partial charge in [0, 0.05) is 63.8 Å². The van der Waals surface area contributed by atoms with Gasteiger partial charge in [0.1, 0.15) is 5.82 Å². The molecule has 1 unspecified atom stereocenters. The van der Waals surface area contributed by atoms with Gasteiger partial charge in [-0.25, -0.2) is 4.98 Å². The Morgan fingerprint density at radius 3 is 2.26 bits per heavy atom. The second-order valence-electron chi connectivity index (χ2n) is 10.1. The number of anilines is 1. The van der Waals surface area contributed by atoms with Crippen LogP contribution >= 0.6 is 0 Å². The topological polar surface area (TPSA) is 70.4 Å². The molecule has 0 radical (unpaired) electrons. The lowest BCUT2D eigenvalue weighted by Gasteiger charge is -2.39. The van der Waals surface area contributed by atoms with Gasteiger partial charge in [0.25, 0.3) is 0 Å². The highest BCUT2D eigenvalue weighted by Crippen LogP contribution is 2.25. The normalized spacial score (nSPS) is 18.5. The minimum absolute atomic E-state index is 0.00392. The smallest absolute Gasteiger partial charge is 0.227 e. The maximum atomic E-state index is 13.4. The van der Waals surface area contributed by atoms with Crippen LogP contribution in [0.4, 0.5) is 5.82 Å². The van der Waals surface area contributed by atoms with Crippen LogP contribution in [-0.2, 0) is 11.3 Å². The summed E-state index contributed by atoms with van der Waals surface area (Å²) in [5.74, 6) is 2.66. The fraction of sp³-hybridized carbons (Fsp3) is 0.333. The van der Waals surface area contributed by atoms with E-state index in [1.807, 2.05) is 53.2 Å². The fourth-order valence-corrected chi connectivity index (χ4v) is 5.52. The van der Waals surface area contributed by atoms with E-state index in [0.717, 1.165) is 75.1 Å². The van der Waals surface area contributed by atoms with Crippen LogP contribution in [0.15, 0.2) is 85.2 Å². The van der Waals surface area contributed by atoms with E-state index < -0.39 is 0 Å². The SMILES string of the molecule is O=C(C1CCCN(c2ccc(-n3ccnc3-c3ccccc3)nn2)C1)N1CCN(Cc2ccccc2)CC1. The van der Waals surface area contributed by atoms with Gasteiger partial charge in [-0.3, -0.25) is 14.3 Å². The first-order chi connectivity index (χ1) is 18.7. The van der Waals surface area contributed by atoms with Gasteiger partial charge in [-0.05, 0) is 30.5 Å². The molecule has 8 heteroatoms. The zero-order chi connectivity index (χ0) is 25.7. The summed E-state index contributed by atoms with van der Waals surface area (Å²) < 4.78 is 1.95. The molecule has 0 spiro atoms. The van der Waals surface area contributed by atoms with Crippen molar-refractivity contribution in [3.05, 3.63) is 90.8 Å². The Balaban J connectivity index is 1.07. The second-order valence-corrected chi connectivity index (χ2v) is 10.1. The average molecular weight is 508 g/mol. The van der Waals surface area contributed by atoms with E-state index in [-0.39, 0.29) is 11.8 Å². The van der Waals surface area contributed by atoms with E-state index >= 15 is 0 Å². The molecule has 1 amide bonds. The first-order valence-electron chi connectivity index (χ1n) is 13.5. The van der Waals surface area contributed by atoms with Crippen molar-refractivity contribution in [3.63, 3.8) is 0 Å². The summed E-state index contributed by atoms with van der Waals surface area (Å²) in [4.78, 5) is 24.6. The molecule has 8 nitrogen and oxygen atoms in total. The third-order valence-electron chi connectivity index (χ3n) is 7.58. The van der Waals surface area contributed by atoms with Crippen LogP contribution < -0.4 is 4.90 Å². The van der Waals surface area contributed by atoms with E-state index in [1.54, 1.807) is 6.20 Å². The number of piperidine rings is 1. The van der Waals surface area contributed by atoms with E-state index in [9.17, 15) is 4.79 Å². The number of hydrogen-bond acceptors (Lipinski definition) is 6. The summed E-state index contributed by atoms with van der Waals surface area (Å²) in [6.45, 7) is 5.96. The Hall–Kier alpha value is -4.04. The standard InChI is InChI=1S/C30H33N7O/c38-30(35-20-18-34(19-21-35)22-24-8-3-1-4-9-24)26-12-7-16-36(23-26)27-13-14-28(33-32-27)37-17-15-31-29(37)25-10-5-2-6-11-25/h1-6,8-11,13-15,17,26H,7,12,16,18-23H2. The summed E-state index contributed by atoms with van der Waals surface area (Å²) in [7, 11) is 0. The van der Waals surface area contributed by atoms with Gasteiger partial charge < -0.3 is 9.80 Å². The molecule has 2 aromatic carbocycles. The van der Waals surface area contributed by atoms with Crippen LogP contribution in [0.1, 0.15) is 18.4 Å². The molecule has 4 aromatic rings. The molecule has 4 heterocycles. The van der Waals surface area contributed by atoms with Gasteiger partial charge in [0.15, 0.2) is 11.6 Å². The molecular formula is C30H33N7O. The summed E-state index contributed by atoms with van der Waals surface area (Å²) in [6.07, 6.45) is 5.59. The number of benzene rings is 2. The Morgan fingerprint density at radius 2 is 1.53 bits per heavy atom. The zero-order valence-corrected chi connectivity index (χ0v) is 21.6. The lowest BCUT2D eigenvalue weighted by Crippen LogP contribution is -2.52. The lowest BCUT2D eigenvalue weighted by atomic mass is 9.96. The van der Waals surface area contributed by atoms with Crippen molar-refractivity contribution >= 4 is 11.7 Å². The summed E-state index contributed by atoms with van der Waals surface area (Å²) in [6, 6.07) is 24.6. The number of hydrogen-bond donors (Lipinski definition) is 0. The molecule has 0 aliphatic carbocycles. The van der Waals surface area contributed by atoms with Crippen molar-refractivity contribution < 1.29 is 4.79 Å². The Morgan fingerprint density at radius 1 is 0.816 bits per heavy atom. The zero-order valence-electron chi connectivity index (χ0n) is 21.6. The molecule has 194 valence electrons. The molecule has 0 N–H and O–H groups in total. The number of carbonyl (C=O) groups excluding carboxylic acids is 1. The van der Waals surface area contributed by atoms with Gasteiger partial charge in [-0.1, -0.05) is 60.7 Å². The van der Waals surface area contributed by atoms with Crippen molar-refractivity contribution in [2.75, 3.05) is 44.2 Å². The van der Waals surface area contributed by atoms with Crippen LogP contribution in [0.25, 0.3) is 17.2 Å². The number of carbonyl (C=O) groups is 1. The molecule has 2 saturated heterocycles. The fourth-order valence-electron chi connectivity index (χ4n) is 5.52. The maximum absolute atomic E-state index is 13.4. The lowest BCUT2D eigenvalue weighted by molar-refractivity contribution is -0.137. The van der Waals surface area contributed by atoms with Gasteiger partial charge in [-0.15, -0.1) is 10.2 Å². The summed E-state index contributed by atoms with van der Waals surface area (Å²) in [5.41, 5.74) is 2.35. The minimum Gasteiger partial charge on any atom is -0.354 e. The predicted molar refractivity (Wildman–Crippen MR) is 148 cm³/mol. The number of rotatable bonds is 6. The first kappa shape index (κ1) is 24.3. The van der Waals surface area contributed by atoms with Crippen LogP contribution in [0, 0.1) is 5.92 Å². The predicted octanol–water partition coefficient (Wildman–Crippen LogP) is 3.89. The molecule has 2 fully saturated rings. The van der Waals surface area contributed by atoms with Crippen molar-refractivity contribution in [1.82, 2.24) is 29.5 Å². The van der Waals surface area contributed by atoms with Gasteiger partial charge in [0.2, 0.25) is 5.91 Å². The molecule has 0 saturated carbocycles. The highest BCUT2D eigenvalue weighted by molar-refractivity contribution is 5.80. The molecule has 38 heavy (non-hydrogen) atoms. The van der Waals surface area contributed by atoms with Gasteiger partial charge >= 0.3 is 0 Å². The third-order valence-corrected chi connectivity index (χ3v) is 7.58. The number of aromatic nitrogens is 4. The summed E-state index contributed by atoms with van der Waals surface area (Å²) >= 11 is 0. The van der Waals surface area contributed by atoms with Crippen molar-refractivity contribution in [1.29, 1.82) is 0 Å². The highest BCUT2D eigenvalue weighted by atomic mass is 16.2. The van der Waals surface area contributed by atoms with Gasteiger partial charge in [0.05, 0.1) is 5.92 Å². The summed E-state index contributed by atoms with van der Waals surface area (Å²) in [5, 5.41) is 9.06. The van der Waals surface area contributed by atoms with E-state index in [2.05, 4.69) is 60.2 Å². The quantitative estimate of drug-likeness (QED) is 0.394. The second kappa shape index (κ2) is 11.1. The first-order valence-corrected chi connectivity index (χ1v) is 13.5. The van der Waals surface area contributed by atoms with E-state index in [0.29, 0.717) is 6.54 Å². The maximum Gasteiger partial charge on any atom is 0.227 e. The van der Waals surface area contributed by atoms with Crippen LogP contribution in [0.3, 0.4) is 0 Å². The molecule has 2 aromatic heterocycles. The van der Waals surface area contributed by atoms with E-state index in [1.165, 1.54) is 5.56 Å². The van der Waals surface area contributed by atoms with Gasteiger partial charge in [-0.2, -0.15) is 0 Å². The third kappa shape index (κ3) is 5.31. The molecule has 6 rings (SSSR count). The Kier molecular flexibility index (Phi) is 7.13. The van der Waals surface area contributed by atoms with Crippen LogP contribution in [-0.4, -0.2) is 74.7 Å². The molecule has 0 bridgehead atoms. The number of amides is 1. The molecular weight excluding hydrogens is 474 g/mol. The number of nitrogens with zero attached hydrogens (tertiary/aromatic N) is 7. The van der Waals surface area contributed by atoms with E-state index in [4.69, 9.17) is 0 Å². The van der Waals surface area contributed by atoms with Crippen molar-refractivity contribution in [3.8, 4) is 17.2 Å². The molecule has 2 aliphatic rings. The number of piperazine rings is 1. The average Bonchev–Trinajstić information content (AvgIpc) is 3.49. The highest BCUT2D eigenvalue weighted by Gasteiger charge is 2.31. The largest absolute Gasteiger partial charge is 0.354 e. The Labute approximate surface area is 223 Å². The molecule has 2 aliphatic heterocycles. The molecule has 1 atom stereocenters. The van der Waals surface area contributed by atoms with Crippen LogP contribution in [0.2, 0.25) is 0 Å². The monoisotopic (exact) mass is 507 g/mol. The van der Waals surface area contributed by atoms with Crippen molar-refractivity contribution in [2.24, 2.45) is 5.92 Å². The Bertz CT molecular complexity index is 1330. The number of imidazole rings is 1. The van der Waals surface area contributed by atoms with Crippen LogP contribution in [0.5, 0.6) is 0 Å². The van der Waals surface area contributed by atoms with Crippen molar-refractivity contribution in [2.45, 2.75) is 19.4 Å².